The summed E-state index contributed by atoms with van der Waals surface area (Å²) < 4.78 is 11.6. The molecule has 12 aromatic rings. The van der Waals surface area contributed by atoms with Crippen molar-refractivity contribution in [3.05, 3.63) is 182 Å². The Hall–Kier alpha value is -7.41. The van der Waals surface area contributed by atoms with Crippen LogP contribution in [0.5, 0.6) is 0 Å². The first-order valence-corrected chi connectivity index (χ1v) is 19.8. The van der Waals surface area contributed by atoms with Crippen LogP contribution in [0.1, 0.15) is 0 Å². The van der Waals surface area contributed by atoms with Crippen molar-refractivity contribution in [1.82, 2.24) is 19.5 Å². The van der Waals surface area contributed by atoms with Gasteiger partial charge in [-0.3, -0.25) is 0 Å². The third-order valence-corrected chi connectivity index (χ3v) is 12.2. The lowest BCUT2D eigenvalue weighted by atomic mass is 9.97. The summed E-state index contributed by atoms with van der Waals surface area (Å²) >= 11 is 1.86. The van der Waals surface area contributed by atoms with E-state index in [0.717, 1.165) is 55.4 Å². The maximum Gasteiger partial charge on any atom is 0.164 e. The topological polar surface area (TPSA) is 56.7 Å². The second kappa shape index (κ2) is 12.6. The Morgan fingerprint density at radius 3 is 1.79 bits per heavy atom. The lowest BCUT2D eigenvalue weighted by Crippen LogP contribution is -2.00. The number of rotatable bonds is 5. The third kappa shape index (κ3) is 5.12. The Morgan fingerprint density at radius 1 is 0.386 bits per heavy atom. The van der Waals surface area contributed by atoms with E-state index in [0.29, 0.717) is 17.5 Å². The molecule has 4 heterocycles. The number of hydrogen-bond donors (Lipinski definition) is 0. The Kier molecular flexibility index (Phi) is 7.03. The van der Waals surface area contributed by atoms with Gasteiger partial charge in [0.2, 0.25) is 0 Å². The van der Waals surface area contributed by atoms with Crippen molar-refractivity contribution in [2.75, 3.05) is 0 Å². The first-order valence-electron chi connectivity index (χ1n) is 19.0. The predicted molar refractivity (Wildman–Crippen MR) is 236 cm³/mol. The molecule has 0 spiro atoms. The van der Waals surface area contributed by atoms with E-state index in [-0.39, 0.29) is 0 Å². The van der Waals surface area contributed by atoms with E-state index in [4.69, 9.17) is 19.4 Å². The molecule has 6 heteroatoms. The maximum absolute atomic E-state index is 6.63. The van der Waals surface area contributed by atoms with Crippen molar-refractivity contribution in [2.24, 2.45) is 0 Å². The Bertz CT molecular complexity index is 3460. The fraction of sp³-hybridized carbons (Fsp3) is 0. The Labute approximate surface area is 330 Å². The fourth-order valence-corrected chi connectivity index (χ4v) is 9.53. The normalized spacial score (nSPS) is 11.9. The number of hydrogen-bond acceptors (Lipinski definition) is 5. The van der Waals surface area contributed by atoms with Gasteiger partial charge in [0.25, 0.3) is 0 Å². The smallest absolute Gasteiger partial charge is 0.164 e. The minimum Gasteiger partial charge on any atom is -0.456 e. The molecule has 57 heavy (non-hydrogen) atoms. The van der Waals surface area contributed by atoms with Gasteiger partial charge in [-0.1, -0.05) is 121 Å². The minimum absolute atomic E-state index is 0.596. The van der Waals surface area contributed by atoms with Crippen molar-refractivity contribution in [3.8, 4) is 51.0 Å². The van der Waals surface area contributed by atoms with E-state index >= 15 is 0 Å². The van der Waals surface area contributed by atoms with Crippen molar-refractivity contribution in [3.63, 3.8) is 0 Å². The van der Waals surface area contributed by atoms with Gasteiger partial charge in [-0.25, -0.2) is 15.0 Å². The second-order valence-electron chi connectivity index (χ2n) is 14.4. The molecule has 0 unspecified atom stereocenters. The summed E-state index contributed by atoms with van der Waals surface area (Å²) in [7, 11) is 0. The lowest BCUT2D eigenvalue weighted by molar-refractivity contribution is 0.669. The summed E-state index contributed by atoms with van der Waals surface area (Å²) in [5.41, 5.74) is 10.1. The fourth-order valence-electron chi connectivity index (χ4n) is 8.40. The lowest BCUT2D eigenvalue weighted by Gasteiger charge is -2.09. The summed E-state index contributed by atoms with van der Waals surface area (Å²) in [6.45, 7) is 0. The first kappa shape index (κ1) is 31.9. The Morgan fingerprint density at radius 2 is 1.04 bits per heavy atom. The molecule has 0 saturated heterocycles. The summed E-state index contributed by atoms with van der Waals surface area (Å²) in [4.78, 5) is 14.8. The average Bonchev–Trinajstić information content (AvgIpc) is 3.95. The van der Waals surface area contributed by atoms with Gasteiger partial charge < -0.3 is 8.98 Å². The van der Waals surface area contributed by atoms with E-state index < -0.39 is 0 Å². The summed E-state index contributed by atoms with van der Waals surface area (Å²) in [5, 5.41) is 7.19. The Balaban J connectivity index is 1.03. The molecule has 0 aliphatic heterocycles. The van der Waals surface area contributed by atoms with Crippen LogP contribution in [-0.2, 0) is 0 Å². The van der Waals surface area contributed by atoms with Gasteiger partial charge in [0.1, 0.15) is 11.2 Å². The third-order valence-electron chi connectivity index (χ3n) is 11.0. The van der Waals surface area contributed by atoms with Crippen molar-refractivity contribution < 1.29 is 4.42 Å². The second-order valence-corrected chi connectivity index (χ2v) is 15.5. The minimum atomic E-state index is 0.596. The van der Waals surface area contributed by atoms with Crippen molar-refractivity contribution in [2.45, 2.75) is 0 Å². The van der Waals surface area contributed by atoms with Crippen molar-refractivity contribution >= 4 is 75.3 Å². The molecule has 0 bridgehead atoms. The molecule has 4 aromatic heterocycles. The van der Waals surface area contributed by atoms with Gasteiger partial charge in [0.05, 0.1) is 11.0 Å². The van der Waals surface area contributed by atoms with Crippen LogP contribution >= 0.6 is 11.3 Å². The SMILES string of the molecule is c1ccc(-c2nc(-c3ccccc3)nc(-c3ccc4c(c3)oc3cccc(-c5ccc6c(c5)c5cc7sc8ccccc8c7cc5n6-c5ccccc5)c34)n2)cc1. The van der Waals surface area contributed by atoms with Crippen LogP contribution in [0.4, 0.5) is 0 Å². The largest absolute Gasteiger partial charge is 0.456 e. The highest BCUT2D eigenvalue weighted by molar-refractivity contribution is 7.25. The van der Waals surface area contributed by atoms with E-state index in [2.05, 4.69) is 126 Å². The number of furan rings is 1. The molecule has 8 aromatic carbocycles. The zero-order chi connectivity index (χ0) is 37.5. The van der Waals surface area contributed by atoms with Crippen LogP contribution in [0, 0.1) is 0 Å². The van der Waals surface area contributed by atoms with Gasteiger partial charge in [-0.05, 0) is 71.8 Å². The van der Waals surface area contributed by atoms with E-state index in [1.54, 1.807) is 0 Å². The van der Waals surface area contributed by atoms with E-state index in [9.17, 15) is 0 Å². The summed E-state index contributed by atoms with van der Waals surface area (Å²) in [6.07, 6.45) is 0. The monoisotopic (exact) mass is 746 g/mol. The molecule has 0 radical (unpaired) electrons. The molecule has 5 nitrogen and oxygen atoms in total. The van der Waals surface area contributed by atoms with E-state index in [1.165, 1.54) is 42.0 Å². The zero-order valence-corrected chi connectivity index (χ0v) is 31.2. The highest BCUT2D eigenvalue weighted by Gasteiger charge is 2.20. The van der Waals surface area contributed by atoms with Gasteiger partial charge >= 0.3 is 0 Å². The van der Waals surface area contributed by atoms with Crippen LogP contribution in [-0.4, -0.2) is 19.5 Å². The van der Waals surface area contributed by atoms with Crippen LogP contribution in [0.2, 0.25) is 0 Å². The van der Waals surface area contributed by atoms with Crippen molar-refractivity contribution in [1.29, 1.82) is 0 Å². The van der Waals surface area contributed by atoms with Gasteiger partial charge in [-0.2, -0.15) is 0 Å². The van der Waals surface area contributed by atoms with Gasteiger partial charge in [-0.15, -0.1) is 11.3 Å². The molecule has 0 N–H and O–H groups in total. The molecule has 0 amide bonds. The molecular formula is C51H30N4OS. The van der Waals surface area contributed by atoms with E-state index in [1.807, 2.05) is 72.0 Å². The molecule has 12 rings (SSSR count). The predicted octanol–water partition coefficient (Wildman–Crippen LogP) is 13.9. The number of aromatic nitrogens is 4. The molecule has 0 aliphatic rings. The van der Waals surface area contributed by atoms with Crippen LogP contribution in [0.15, 0.2) is 186 Å². The molecule has 0 atom stereocenters. The highest BCUT2D eigenvalue weighted by atomic mass is 32.1. The number of benzene rings is 8. The average molecular weight is 747 g/mol. The molecular weight excluding hydrogens is 717 g/mol. The summed E-state index contributed by atoms with van der Waals surface area (Å²) in [6, 6.07) is 63.8. The molecule has 0 saturated carbocycles. The van der Waals surface area contributed by atoms with Crippen LogP contribution < -0.4 is 0 Å². The quantitative estimate of drug-likeness (QED) is 0.176. The number of nitrogens with zero attached hydrogens (tertiary/aromatic N) is 4. The number of thiophene rings is 1. The molecule has 0 fully saturated rings. The highest BCUT2D eigenvalue weighted by Crippen LogP contribution is 2.43. The molecule has 266 valence electrons. The maximum atomic E-state index is 6.63. The molecule has 0 aliphatic carbocycles. The van der Waals surface area contributed by atoms with Gasteiger partial charge in [0, 0.05) is 64.1 Å². The zero-order valence-electron chi connectivity index (χ0n) is 30.4. The van der Waals surface area contributed by atoms with Crippen LogP contribution in [0.25, 0.3) is 115 Å². The summed E-state index contributed by atoms with van der Waals surface area (Å²) in [5.74, 6) is 1.85. The van der Waals surface area contributed by atoms with Gasteiger partial charge in [0.15, 0.2) is 17.5 Å². The number of para-hydroxylation sites is 1. The van der Waals surface area contributed by atoms with Crippen LogP contribution in [0.3, 0.4) is 0 Å². The number of fused-ring (bicyclic) bond motifs is 9. The first-order chi connectivity index (χ1) is 28.2. The standard InChI is InChI=1S/C51H30N4OS/c1-4-13-31(14-5-1)49-52-50(32-15-6-2-7-16-32)54-51(53-49)34-23-25-38-45(28-34)56-44-21-12-20-36(48(38)44)33-24-26-42-39(27-33)40-30-47-41(37-19-10-11-22-46(37)57-47)29-43(40)55(42)35-17-8-3-9-18-35/h1-30H.